The van der Waals surface area contributed by atoms with Crippen molar-refractivity contribution in [3.05, 3.63) is 0 Å². The highest BCUT2D eigenvalue weighted by molar-refractivity contribution is 5.78. The first-order valence-corrected chi connectivity index (χ1v) is 29.3. The minimum absolute atomic E-state index is 0.0749. The van der Waals surface area contributed by atoms with E-state index in [0.29, 0.717) is 25.6 Å². The summed E-state index contributed by atoms with van der Waals surface area (Å²) in [7, 11) is 0. The standard InChI is InChI=1S/C57H115N5O3/c1-6-11-16-21-26-31-36-41-58(42-37-32-27-22-17-12-7-2)46-47-61(45-40-35-30-25-20-15-10-5)54-56(63)62-50-48-59(49-51-62)52-53-65-57(64)55-60(43-38-33-28-23-18-13-8-3)44-39-34-29-24-19-14-9-4/h6-55H2,1-5H3. The number of carbonyl (C=O) groups excluding carboxylic acids is 2. The first-order chi connectivity index (χ1) is 32.0. The van der Waals surface area contributed by atoms with Crippen molar-refractivity contribution in [2.24, 2.45) is 0 Å². The minimum Gasteiger partial charge on any atom is -0.463 e. The van der Waals surface area contributed by atoms with Crippen molar-refractivity contribution in [3.8, 4) is 0 Å². The molecule has 65 heavy (non-hydrogen) atoms. The van der Waals surface area contributed by atoms with Crippen LogP contribution >= 0.6 is 0 Å². The van der Waals surface area contributed by atoms with Gasteiger partial charge in [0.05, 0.1) is 13.1 Å². The lowest BCUT2D eigenvalue weighted by Crippen LogP contribution is -2.52. The Kier molecular flexibility index (Phi) is 45.5. The van der Waals surface area contributed by atoms with Crippen LogP contribution in [0.15, 0.2) is 0 Å². The van der Waals surface area contributed by atoms with Crippen LogP contribution in [0.4, 0.5) is 0 Å². The van der Waals surface area contributed by atoms with Crippen LogP contribution in [-0.2, 0) is 14.3 Å². The molecule has 1 fully saturated rings. The topological polar surface area (TPSA) is 59.6 Å². The predicted molar refractivity (Wildman–Crippen MR) is 283 cm³/mol. The van der Waals surface area contributed by atoms with Crippen molar-refractivity contribution in [1.29, 1.82) is 0 Å². The molecule has 1 saturated heterocycles. The van der Waals surface area contributed by atoms with E-state index in [1.807, 2.05) is 0 Å². The lowest BCUT2D eigenvalue weighted by molar-refractivity contribution is -0.145. The van der Waals surface area contributed by atoms with Gasteiger partial charge in [0.25, 0.3) is 0 Å². The third kappa shape index (κ3) is 39.3. The average Bonchev–Trinajstić information content (AvgIpc) is 3.31. The number of carbonyl (C=O) groups is 2. The second-order valence-corrected chi connectivity index (χ2v) is 20.4. The Bertz CT molecular complexity index is 971. The SMILES string of the molecule is CCCCCCCCCN(CCCCCCCCC)CCN(CCCCCCCCC)CC(=O)N1CCN(CCOC(=O)CN(CCCCCCCCC)CCCCCCCCC)CC1. The van der Waals surface area contributed by atoms with Crippen LogP contribution in [0.25, 0.3) is 0 Å². The fraction of sp³-hybridized carbons (Fsp3) is 0.965. The van der Waals surface area contributed by atoms with E-state index >= 15 is 0 Å². The number of unbranched alkanes of at least 4 members (excludes halogenated alkanes) is 30. The summed E-state index contributed by atoms with van der Waals surface area (Å²) in [4.78, 5) is 39.1. The van der Waals surface area contributed by atoms with Crippen LogP contribution in [-0.4, -0.2) is 135 Å². The van der Waals surface area contributed by atoms with Gasteiger partial charge in [0.2, 0.25) is 5.91 Å². The molecule has 1 heterocycles. The van der Waals surface area contributed by atoms with E-state index in [2.05, 4.69) is 59.1 Å². The monoisotopic (exact) mass is 918 g/mol. The van der Waals surface area contributed by atoms with E-state index in [4.69, 9.17) is 4.74 Å². The van der Waals surface area contributed by atoms with Gasteiger partial charge in [-0.25, -0.2) is 0 Å². The quantitative estimate of drug-likeness (QED) is 0.0445. The molecule has 386 valence electrons. The third-order valence-electron chi connectivity index (χ3n) is 14.2. The molecule has 0 aromatic rings. The van der Waals surface area contributed by atoms with Gasteiger partial charge < -0.3 is 14.5 Å². The molecule has 1 aliphatic heterocycles. The molecule has 1 aliphatic rings. The molecule has 8 nitrogen and oxygen atoms in total. The molecule has 1 amide bonds. The molecule has 0 unspecified atom stereocenters. The maximum absolute atomic E-state index is 13.9. The molecule has 0 radical (unpaired) electrons. The number of ether oxygens (including phenoxy) is 1. The number of rotatable bonds is 50. The Morgan fingerprint density at radius 2 is 0.646 bits per heavy atom. The molecule has 0 bridgehead atoms. The molecular formula is C57H115N5O3. The number of hydrogen-bond acceptors (Lipinski definition) is 7. The molecule has 0 spiro atoms. The molecule has 0 aromatic carbocycles. The Labute approximate surface area is 406 Å². The maximum atomic E-state index is 13.9. The van der Waals surface area contributed by atoms with Crippen molar-refractivity contribution in [3.63, 3.8) is 0 Å². The molecular weight excluding hydrogens is 803 g/mol. The Balaban J connectivity index is 2.65. The normalized spacial score (nSPS) is 13.6. The summed E-state index contributed by atoms with van der Waals surface area (Å²) in [5, 5.41) is 0. The maximum Gasteiger partial charge on any atom is 0.320 e. The fourth-order valence-electron chi connectivity index (χ4n) is 9.65. The second kappa shape index (κ2) is 47.8. The van der Waals surface area contributed by atoms with Gasteiger partial charge in [0.15, 0.2) is 0 Å². The summed E-state index contributed by atoms with van der Waals surface area (Å²) >= 11 is 0. The van der Waals surface area contributed by atoms with E-state index in [9.17, 15) is 9.59 Å². The zero-order valence-corrected chi connectivity index (χ0v) is 44.8. The Hall–Kier alpha value is -1.22. The highest BCUT2D eigenvalue weighted by atomic mass is 16.5. The van der Waals surface area contributed by atoms with Crippen LogP contribution in [0.2, 0.25) is 0 Å². The number of esters is 1. The van der Waals surface area contributed by atoms with Crippen molar-refractivity contribution in [2.45, 2.75) is 259 Å². The highest BCUT2D eigenvalue weighted by Crippen LogP contribution is 2.14. The summed E-state index contributed by atoms with van der Waals surface area (Å²) < 4.78 is 5.85. The van der Waals surface area contributed by atoms with Gasteiger partial charge in [-0.3, -0.25) is 24.3 Å². The fourth-order valence-corrected chi connectivity index (χ4v) is 9.65. The first-order valence-electron chi connectivity index (χ1n) is 29.3. The zero-order valence-electron chi connectivity index (χ0n) is 44.8. The van der Waals surface area contributed by atoms with Crippen molar-refractivity contribution in [1.82, 2.24) is 24.5 Å². The lowest BCUT2D eigenvalue weighted by atomic mass is 10.1. The third-order valence-corrected chi connectivity index (χ3v) is 14.2. The van der Waals surface area contributed by atoms with Crippen molar-refractivity contribution >= 4 is 11.9 Å². The molecule has 1 rings (SSSR count). The van der Waals surface area contributed by atoms with Crippen LogP contribution in [0.5, 0.6) is 0 Å². The van der Waals surface area contributed by atoms with Gasteiger partial charge >= 0.3 is 5.97 Å². The molecule has 0 aliphatic carbocycles. The second-order valence-electron chi connectivity index (χ2n) is 20.4. The van der Waals surface area contributed by atoms with E-state index in [1.165, 1.54) is 238 Å². The summed E-state index contributed by atoms with van der Waals surface area (Å²) in [5.74, 6) is 0.223. The summed E-state index contributed by atoms with van der Waals surface area (Å²) in [6.07, 6.45) is 46.3. The van der Waals surface area contributed by atoms with Crippen LogP contribution in [0, 0.1) is 0 Å². The summed E-state index contributed by atoms with van der Waals surface area (Å²) in [5.41, 5.74) is 0. The number of amides is 1. The summed E-state index contributed by atoms with van der Waals surface area (Å²) in [6.45, 7) is 24.4. The Morgan fingerprint density at radius 1 is 0.354 bits per heavy atom. The molecule has 0 N–H and O–H groups in total. The van der Waals surface area contributed by atoms with Crippen molar-refractivity contribution < 1.29 is 14.3 Å². The highest BCUT2D eigenvalue weighted by Gasteiger charge is 2.23. The van der Waals surface area contributed by atoms with Gasteiger partial charge in [-0.15, -0.1) is 0 Å². The van der Waals surface area contributed by atoms with Crippen LogP contribution < -0.4 is 0 Å². The number of nitrogens with zero attached hydrogens (tertiary/aromatic N) is 5. The van der Waals surface area contributed by atoms with Gasteiger partial charge in [-0.05, 0) is 64.8 Å². The zero-order chi connectivity index (χ0) is 47.1. The molecule has 0 saturated carbocycles. The largest absolute Gasteiger partial charge is 0.463 e. The molecule has 0 atom stereocenters. The van der Waals surface area contributed by atoms with Gasteiger partial charge in [-0.1, -0.05) is 227 Å². The molecule has 8 heteroatoms. The van der Waals surface area contributed by atoms with Gasteiger partial charge in [0.1, 0.15) is 6.61 Å². The average molecular weight is 919 g/mol. The van der Waals surface area contributed by atoms with E-state index in [0.717, 1.165) is 65.4 Å². The van der Waals surface area contributed by atoms with E-state index in [1.54, 1.807) is 0 Å². The number of hydrogen-bond donors (Lipinski definition) is 0. The van der Waals surface area contributed by atoms with Crippen LogP contribution in [0.3, 0.4) is 0 Å². The minimum atomic E-state index is -0.0749. The van der Waals surface area contributed by atoms with Crippen LogP contribution in [0.1, 0.15) is 259 Å². The van der Waals surface area contributed by atoms with E-state index in [-0.39, 0.29) is 5.97 Å². The summed E-state index contributed by atoms with van der Waals surface area (Å²) in [6, 6.07) is 0. The lowest BCUT2D eigenvalue weighted by Gasteiger charge is -2.36. The molecule has 0 aromatic heterocycles. The number of piperazine rings is 1. The smallest absolute Gasteiger partial charge is 0.320 e. The first kappa shape index (κ1) is 61.8. The van der Waals surface area contributed by atoms with Gasteiger partial charge in [-0.2, -0.15) is 0 Å². The predicted octanol–water partition coefficient (Wildman–Crippen LogP) is 14.3. The van der Waals surface area contributed by atoms with Crippen molar-refractivity contribution in [2.75, 3.05) is 98.2 Å². The Morgan fingerprint density at radius 3 is 1.00 bits per heavy atom. The van der Waals surface area contributed by atoms with Gasteiger partial charge in [0, 0.05) is 45.8 Å². The van der Waals surface area contributed by atoms with E-state index < -0.39 is 0 Å².